The van der Waals surface area contributed by atoms with Gasteiger partial charge in [0.2, 0.25) is 0 Å². The van der Waals surface area contributed by atoms with Crippen LogP contribution in [0, 0.1) is 13.8 Å². The molecule has 1 aromatic carbocycles. The van der Waals surface area contributed by atoms with Gasteiger partial charge in [0.1, 0.15) is 0 Å². The first-order chi connectivity index (χ1) is 7.63. The minimum absolute atomic E-state index is 0.432. The molecule has 3 heteroatoms. The van der Waals surface area contributed by atoms with E-state index in [0.29, 0.717) is 6.04 Å². The van der Waals surface area contributed by atoms with Gasteiger partial charge in [-0.2, -0.15) is 0 Å². The lowest BCUT2D eigenvalue weighted by Crippen LogP contribution is -2.41. The van der Waals surface area contributed by atoms with E-state index in [1.807, 2.05) is 11.8 Å². The Morgan fingerprint density at radius 1 is 1.38 bits per heavy atom. The van der Waals surface area contributed by atoms with Gasteiger partial charge >= 0.3 is 0 Å². The second-order valence-corrected chi connectivity index (χ2v) is 5.67. The number of thioether (sulfide) groups is 1. The van der Waals surface area contributed by atoms with E-state index in [4.69, 9.17) is 5.73 Å². The molecule has 0 radical (unpaired) electrons. The Kier molecular flexibility index (Phi) is 3.45. The Balaban J connectivity index is 2.41. The molecule has 16 heavy (non-hydrogen) atoms. The van der Waals surface area contributed by atoms with Gasteiger partial charge in [-0.15, -0.1) is 11.8 Å². The SMILES string of the molecule is Cc1cc2c(cc1C)N(C(C)CN)CCS2. The van der Waals surface area contributed by atoms with Gasteiger partial charge in [0.15, 0.2) is 0 Å². The maximum Gasteiger partial charge on any atom is 0.0510 e. The zero-order chi connectivity index (χ0) is 11.7. The summed E-state index contributed by atoms with van der Waals surface area (Å²) >= 11 is 1.96. The highest BCUT2D eigenvalue weighted by Crippen LogP contribution is 2.37. The lowest BCUT2D eigenvalue weighted by atomic mass is 10.1. The second kappa shape index (κ2) is 4.68. The molecule has 2 nitrogen and oxygen atoms in total. The molecule has 0 aromatic heterocycles. The molecule has 1 unspecified atom stereocenters. The van der Waals surface area contributed by atoms with E-state index in [9.17, 15) is 0 Å². The Hall–Kier alpha value is -0.670. The monoisotopic (exact) mass is 236 g/mol. The molecule has 0 saturated heterocycles. The van der Waals surface area contributed by atoms with Crippen molar-refractivity contribution in [3.8, 4) is 0 Å². The van der Waals surface area contributed by atoms with E-state index in [1.165, 1.54) is 27.5 Å². The predicted octanol–water partition coefficient (Wildman–Crippen LogP) is 2.56. The van der Waals surface area contributed by atoms with Gasteiger partial charge in [-0.25, -0.2) is 0 Å². The van der Waals surface area contributed by atoms with Gasteiger partial charge in [0, 0.05) is 29.8 Å². The normalized spacial score (nSPS) is 17.1. The fraction of sp³-hybridized carbons (Fsp3) is 0.538. The summed E-state index contributed by atoms with van der Waals surface area (Å²) in [6.07, 6.45) is 0. The molecule has 1 aliphatic rings. The molecule has 0 amide bonds. The van der Waals surface area contributed by atoms with Gasteiger partial charge in [-0.1, -0.05) is 0 Å². The average molecular weight is 236 g/mol. The van der Waals surface area contributed by atoms with Crippen LogP contribution in [0.3, 0.4) is 0 Å². The summed E-state index contributed by atoms with van der Waals surface area (Å²) in [7, 11) is 0. The fourth-order valence-corrected chi connectivity index (χ4v) is 3.17. The molecule has 2 N–H and O–H groups in total. The van der Waals surface area contributed by atoms with Crippen LogP contribution >= 0.6 is 11.8 Å². The van der Waals surface area contributed by atoms with Gasteiger partial charge in [0.25, 0.3) is 0 Å². The van der Waals surface area contributed by atoms with Crippen molar-refractivity contribution in [2.45, 2.75) is 31.7 Å². The van der Waals surface area contributed by atoms with Gasteiger partial charge < -0.3 is 10.6 Å². The number of nitrogens with zero attached hydrogens (tertiary/aromatic N) is 1. The Labute approximate surface area is 102 Å². The minimum Gasteiger partial charge on any atom is -0.366 e. The number of aryl methyl sites for hydroxylation is 2. The van der Waals surface area contributed by atoms with E-state index in [1.54, 1.807) is 0 Å². The summed E-state index contributed by atoms with van der Waals surface area (Å²) in [5, 5.41) is 0. The van der Waals surface area contributed by atoms with Crippen molar-refractivity contribution < 1.29 is 0 Å². The van der Waals surface area contributed by atoms with Crippen LogP contribution in [0.1, 0.15) is 18.1 Å². The van der Waals surface area contributed by atoms with Crippen LogP contribution < -0.4 is 10.6 Å². The maximum atomic E-state index is 5.78. The van der Waals surface area contributed by atoms with Crippen LogP contribution in [0.25, 0.3) is 0 Å². The van der Waals surface area contributed by atoms with Crippen LogP contribution in [-0.2, 0) is 0 Å². The van der Waals surface area contributed by atoms with E-state index in [-0.39, 0.29) is 0 Å². The van der Waals surface area contributed by atoms with Crippen LogP contribution in [0.2, 0.25) is 0 Å². The topological polar surface area (TPSA) is 29.3 Å². The summed E-state index contributed by atoms with van der Waals surface area (Å²) in [6.45, 7) is 8.40. The first-order valence-electron chi connectivity index (χ1n) is 5.84. The molecule has 0 bridgehead atoms. The summed E-state index contributed by atoms with van der Waals surface area (Å²) in [5.41, 5.74) is 9.91. The second-order valence-electron chi connectivity index (χ2n) is 4.53. The van der Waals surface area contributed by atoms with Crippen molar-refractivity contribution in [3.05, 3.63) is 23.3 Å². The standard InChI is InChI=1S/C13H20N2S/c1-9-6-12-13(7-10(9)2)16-5-4-15(12)11(3)8-14/h6-7,11H,4-5,8,14H2,1-3H3. The fourth-order valence-electron chi connectivity index (χ4n) is 2.07. The number of hydrogen-bond acceptors (Lipinski definition) is 3. The molecule has 2 rings (SSSR count). The van der Waals surface area contributed by atoms with Crippen molar-refractivity contribution in [2.75, 3.05) is 23.7 Å². The smallest absolute Gasteiger partial charge is 0.0510 e. The molecule has 1 atom stereocenters. The molecular formula is C13H20N2S. The van der Waals surface area contributed by atoms with E-state index in [0.717, 1.165) is 13.1 Å². The number of anilines is 1. The van der Waals surface area contributed by atoms with Gasteiger partial charge in [-0.3, -0.25) is 0 Å². The molecule has 88 valence electrons. The Bertz CT molecular complexity index is 390. The zero-order valence-electron chi connectivity index (χ0n) is 10.3. The number of nitrogens with two attached hydrogens (primary N) is 1. The molecule has 0 aliphatic carbocycles. The van der Waals surface area contributed by atoms with Crippen molar-refractivity contribution >= 4 is 17.4 Å². The van der Waals surface area contributed by atoms with Gasteiger partial charge in [-0.05, 0) is 44.0 Å². The highest BCUT2D eigenvalue weighted by molar-refractivity contribution is 7.99. The summed E-state index contributed by atoms with van der Waals surface area (Å²) in [5.74, 6) is 1.17. The number of fused-ring (bicyclic) bond motifs is 1. The molecule has 1 heterocycles. The van der Waals surface area contributed by atoms with Crippen molar-refractivity contribution in [1.82, 2.24) is 0 Å². The third-order valence-electron chi connectivity index (χ3n) is 3.35. The Morgan fingerprint density at radius 3 is 2.75 bits per heavy atom. The lowest BCUT2D eigenvalue weighted by molar-refractivity contribution is 0.651. The summed E-state index contributed by atoms with van der Waals surface area (Å²) in [6, 6.07) is 5.05. The highest BCUT2D eigenvalue weighted by Gasteiger charge is 2.21. The van der Waals surface area contributed by atoms with Crippen LogP contribution in [0.5, 0.6) is 0 Å². The lowest BCUT2D eigenvalue weighted by Gasteiger charge is -2.36. The molecular weight excluding hydrogens is 216 g/mol. The van der Waals surface area contributed by atoms with Crippen molar-refractivity contribution in [1.29, 1.82) is 0 Å². The van der Waals surface area contributed by atoms with Crippen molar-refractivity contribution in [3.63, 3.8) is 0 Å². The molecule has 1 aliphatic heterocycles. The number of rotatable bonds is 2. The zero-order valence-corrected chi connectivity index (χ0v) is 11.1. The maximum absolute atomic E-state index is 5.78. The predicted molar refractivity (Wildman–Crippen MR) is 72.5 cm³/mol. The molecule has 0 fully saturated rings. The van der Waals surface area contributed by atoms with E-state index >= 15 is 0 Å². The number of hydrogen-bond donors (Lipinski definition) is 1. The molecule has 0 saturated carbocycles. The highest BCUT2D eigenvalue weighted by atomic mass is 32.2. The van der Waals surface area contributed by atoms with Crippen molar-refractivity contribution in [2.24, 2.45) is 5.73 Å². The van der Waals surface area contributed by atoms with Crippen LogP contribution in [0.15, 0.2) is 17.0 Å². The summed E-state index contributed by atoms with van der Waals surface area (Å²) in [4.78, 5) is 3.85. The third kappa shape index (κ3) is 2.06. The Morgan fingerprint density at radius 2 is 2.06 bits per heavy atom. The third-order valence-corrected chi connectivity index (χ3v) is 4.37. The summed E-state index contributed by atoms with van der Waals surface area (Å²) < 4.78 is 0. The molecule has 0 spiro atoms. The van der Waals surface area contributed by atoms with Crippen LogP contribution in [0.4, 0.5) is 5.69 Å². The quantitative estimate of drug-likeness (QED) is 0.855. The number of benzene rings is 1. The molecule has 1 aromatic rings. The first-order valence-corrected chi connectivity index (χ1v) is 6.82. The first kappa shape index (κ1) is 11.8. The van der Waals surface area contributed by atoms with E-state index in [2.05, 4.69) is 37.8 Å². The van der Waals surface area contributed by atoms with E-state index < -0.39 is 0 Å². The largest absolute Gasteiger partial charge is 0.366 e. The van der Waals surface area contributed by atoms with Crippen LogP contribution in [-0.4, -0.2) is 24.9 Å². The minimum atomic E-state index is 0.432. The van der Waals surface area contributed by atoms with Gasteiger partial charge in [0.05, 0.1) is 5.69 Å². The average Bonchev–Trinajstić information content (AvgIpc) is 2.29.